The van der Waals surface area contributed by atoms with Crippen molar-refractivity contribution in [3.63, 3.8) is 0 Å². The van der Waals surface area contributed by atoms with Crippen molar-refractivity contribution in [3.05, 3.63) is 30.3 Å². The Morgan fingerprint density at radius 3 is 3.00 bits per heavy atom. The van der Waals surface area contributed by atoms with E-state index < -0.39 is 0 Å². The van der Waals surface area contributed by atoms with Crippen LogP contribution >= 0.6 is 0 Å². The van der Waals surface area contributed by atoms with Gasteiger partial charge in [0, 0.05) is 11.8 Å². The number of hydrogen-bond acceptors (Lipinski definition) is 2. The molecule has 11 heavy (non-hydrogen) atoms. The third-order valence-electron chi connectivity index (χ3n) is 1.17. The minimum atomic E-state index is -0.201. The lowest BCUT2D eigenvalue weighted by atomic mass is 10.3. The van der Waals surface area contributed by atoms with Crippen LogP contribution in [0.15, 0.2) is 24.3 Å². The number of carbonyl (C=O) groups excluding carboxylic acids is 1. The molecule has 1 radical (unpaired) electrons. The van der Waals surface area contributed by atoms with E-state index in [2.05, 4.69) is 11.4 Å². The maximum atomic E-state index is 10.7. The number of para-hydroxylation sites is 1. The van der Waals surface area contributed by atoms with Gasteiger partial charge < -0.3 is 11.1 Å². The molecule has 0 unspecified atom stereocenters. The Balaban J connectivity index is 2.58. The van der Waals surface area contributed by atoms with Crippen LogP contribution in [0.5, 0.6) is 0 Å². The third kappa shape index (κ3) is 2.39. The molecule has 0 aliphatic carbocycles. The second-order valence-corrected chi connectivity index (χ2v) is 2.03. The van der Waals surface area contributed by atoms with Gasteiger partial charge in [0.05, 0.1) is 6.54 Å². The van der Waals surface area contributed by atoms with E-state index in [4.69, 9.17) is 5.73 Å². The maximum Gasteiger partial charge on any atom is 0.238 e. The molecule has 0 fully saturated rings. The molecule has 3 heteroatoms. The van der Waals surface area contributed by atoms with E-state index in [-0.39, 0.29) is 12.5 Å². The smallest absolute Gasteiger partial charge is 0.238 e. The van der Waals surface area contributed by atoms with Gasteiger partial charge in [-0.15, -0.1) is 0 Å². The standard InChI is InChI=1S/C8H9N2O/c9-6-8(11)10-7-4-2-1-3-5-7/h1-4H,6,9H2,(H,10,11). The highest BCUT2D eigenvalue weighted by atomic mass is 16.1. The average Bonchev–Trinajstić information content (AvgIpc) is 2.06. The maximum absolute atomic E-state index is 10.7. The minimum Gasteiger partial charge on any atom is -0.324 e. The third-order valence-corrected chi connectivity index (χ3v) is 1.17. The van der Waals surface area contributed by atoms with E-state index in [0.717, 1.165) is 0 Å². The van der Waals surface area contributed by atoms with Crippen LogP contribution in [0.1, 0.15) is 0 Å². The highest BCUT2D eigenvalue weighted by molar-refractivity contribution is 5.91. The molecular weight excluding hydrogens is 140 g/mol. The van der Waals surface area contributed by atoms with Gasteiger partial charge in [-0.2, -0.15) is 0 Å². The van der Waals surface area contributed by atoms with Crippen molar-refractivity contribution in [1.82, 2.24) is 0 Å². The van der Waals surface area contributed by atoms with E-state index in [1.165, 1.54) is 0 Å². The van der Waals surface area contributed by atoms with Crippen molar-refractivity contribution in [3.8, 4) is 0 Å². The van der Waals surface area contributed by atoms with Gasteiger partial charge in [0.1, 0.15) is 0 Å². The van der Waals surface area contributed by atoms with E-state index in [0.29, 0.717) is 5.69 Å². The van der Waals surface area contributed by atoms with Crippen LogP contribution < -0.4 is 11.1 Å². The second-order valence-electron chi connectivity index (χ2n) is 2.03. The molecule has 0 aliphatic rings. The second kappa shape index (κ2) is 3.73. The van der Waals surface area contributed by atoms with Gasteiger partial charge in [0.2, 0.25) is 5.91 Å². The normalized spacial score (nSPS) is 9.18. The predicted molar refractivity (Wildman–Crippen MR) is 43.0 cm³/mol. The first kappa shape index (κ1) is 7.75. The van der Waals surface area contributed by atoms with Gasteiger partial charge in [-0.05, 0) is 6.07 Å². The van der Waals surface area contributed by atoms with Crippen LogP contribution in [0.4, 0.5) is 5.69 Å². The first-order valence-electron chi connectivity index (χ1n) is 3.29. The van der Waals surface area contributed by atoms with Crippen molar-refractivity contribution in [2.75, 3.05) is 11.9 Å². The van der Waals surface area contributed by atoms with Crippen molar-refractivity contribution < 1.29 is 4.79 Å². The molecule has 3 N–H and O–H groups in total. The molecule has 0 saturated heterocycles. The number of nitrogens with two attached hydrogens (primary N) is 1. The Labute approximate surface area is 65.2 Å². The molecule has 3 nitrogen and oxygen atoms in total. The summed E-state index contributed by atoms with van der Waals surface area (Å²) >= 11 is 0. The highest BCUT2D eigenvalue weighted by Crippen LogP contribution is 2.02. The fourth-order valence-electron chi connectivity index (χ4n) is 0.672. The fourth-order valence-corrected chi connectivity index (χ4v) is 0.672. The number of anilines is 1. The molecule has 0 aliphatic heterocycles. The topological polar surface area (TPSA) is 55.1 Å². The molecule has 1 aromatic carbocycles. The summed E-state index contributed by atoms with van der Waals surface area (Å²) in [4.78, 5) is 10.7. The Kier molecular flexibility index (Phi) is 2.63. The quantitative estimate of drug-likeness (QED) is 0.638. The lowest BCUT2D eigenvalue weighted by Crippen LogP contribution is -2.21. The largest absolute Gasteiger partial charge is 0.324 e. The SMILES string of the molecule is NCC(=O)Nc1[c]cccc1. The van der Waals surface area contributed by atoms with Gasteiger partial charge >= 0.3 is 0 Å². The molecule has 0 saturated carbocycles. The van der Waals surface area contributed by atoms with E-state index in [9.17, 15) is 4.79 Å². The van der Waals surface area contributed by atoms with Gasteiger partial charge in [-0.25, -0.2) is 0 Å². The zero-order valence-electron chi connectivity index (χ0n) is 6.00. The van der Waals surface area contributed by atoms with Crippen molar-refractivity contribution >= 4 is 11.6 Å². The summed E-state index contributed by atoms with van der Waals surface area (Å²) in [5, 5.41) is 2.57. The summed E-state index contributed by atoms with van der Waals surface area (Å²) in [5.41, 5.74) is 5.75. The molecule has 0 bridgehead atoms. The molecule has 0 spiro atoms. The number of benzene rings is 1. The molecule has 57 valence electrons. The number of hydrogen-bond donors (Lipinski definition) is 2. The monoisotopic (exact) mass is 149 g/mol. The van der Waals surface area contributed by atoms with Crippen LogP contribution in [-0.4, -0.2) is 12.5 Å². The molecule has 0 heterocycles. The number of nitrogens with one attached hydrogen (secondary N) is 1. The lowest BCUT2D eigenvalue weighted by molar-refractivity contribution is -0.114. The molecule has 0 atom stereocenters. The van der Waals surface area contributed by atoms with E-state index in [1.807, 2.05) is 12.1 Å². The summed E-state index contributed by atoms with van der Waals surface area (Å²) in [6.45, 7) is 0.00271. The minimum absolute atomic E-state index is 0.00271. The first-order chi connectivity index (χ1) is 5.33. The van der Waals surface area contributed by atoms with Crippen LogP contribution in [0.2, 0.25) is 0 Å². The van der Waals surface area contributed by atoms with Gasteiger partial charge in [-0.1, -0.05) is 18.2 Å². The van der Waals surface area contributed by atoms with Crippen LogP contribution in [0.3, 0.4) is 0 Å². The Morgan fingerprint density at radius 2 is 2.45 bits per heavy atom. The van der Waals surface area contributed by atoms with Crippen LogP contribution in [-0.2, 0) is 4.79 Å². The number of amides is 1. The molecule has 1 aromatic rings. The van der Waals surface area contributed by atoms with E-state index in [1.54, 1.807) is 12.1 Å². The zero-order chi connectivity index (χ0) is 8.10. The molecule has 1 rings (SSSR count). The Bertz CT molecular complexity index is 233. The van der Waals surface area contributed by atoms with Crippen LogP contribution in [0.25, 0.3) is 0 Å². The molecule has 0 aromatic heterocycles. The summed E-state index contributed by atoms with van der Waals surface area (Å²) in [6.07, 6.45) is 0. The summed E-state index contributed by atoms with van der Waals surface area (Å²) < 4.78 is 0. The lowest BCUT2D eigenvalue weighted by Gasteiger charge is -2.00. The predicted octanol–water partition coefficient (Wildman–Crippen LogP) is 0.384. The zero-order valence-corrected chi connectivity index (χ0v) is 6.00. The van der Waals surface area contributed by atoms with Gasteiger partial charge in [0.25, 0.3) is 0 Å². The van der Waals surface area contributed by atoms with Crippen LogP contribution in [0, 0.1) is 6.07 Å². The fraction of sp³-hybridized carbons (Fsp3) is 0.125. The van der Waals surface area contributed by atoms with Crippen molar-refractivity contribution in [2.45, 2.75) is 0 Å². The Hall–Kier alpha value is -1.35. The van der Waals surface area contributed by atoms with Crippen molar-refractivity contribution in [1.29, 1.82) is 0 Å². The molecule has 1 amide bonds. The average molecular weight is 149 g/mol. The van der Waals surface area contributed by atoms with E-state index >= 15 is 0 Å². The van der Waals surface area contributed by atoms with Crippen molar-refractivity contribution in [2.24, 2.45) is 5.73 Å². The van der Waals surface area contributed by atoms with Gasteiger partial charge in [-0.3, -0.25) is 4.79 Å². The number of rotatable bonds is 2. The summed E-state index contributed by atoms with van der Waals surface area (Å²) in [6, 6.07) is 9.99. The van der Waals surface area contributed by atoms with Gasteiger partial charge in [0.15, 0.2) is 0 Å². The highest BCUT2D eigenvalue weighted by Gasteiger charge is 1.95. The first-order valence-corrected chi connectivity index (χ1v) is 3.29. The summed E-state index contributed by atoms with van der Waals surface area (Å²) in [7, 11) is 0. The number of carbonyl (C=O) groups is 1. The summed E-state index contributed by atoms with van der Waals surface area (Å²) in [5.74, 6) is -0.201. The Morgan fingerprint density at radius 1 is 1.64 bits per heavy atom. The molecular formula is C8H9N2O.